The van der Waals surface area contributed by atoms with E-state index in [1.54, 1.807) is 4.90 Å². The number of ketones is 1. The van der Waals surface area contributed by atoms with Crippen molar-refractivity contribution in [1.82, 2.24) is 4.98 Å². The molecule has 4 nitrogen and oxygen atoms in total. The first-order chi connectivity index (χ1) is 13.2. The van der Waals surface area contributed by atoms with Gasteiger partial charge in [0.1, 0.15) is 11.2 Å². The molecule has 1 fully saturated rings. The summed E-state index contributed by atoms with van der Waals surface area (Å²) >= 11 is 0. The van der Waals surface area contributed by atoms with Crippen molar-refractivity contribution in [3.8, 4) is 0 Å². The maximum Gasteiger partial charge on any atom is 0.242 e. The lowest BCUT2D eigenvalue weighted by Gasteiger charge is -2.37. The van der Waals surface area contributed by atoms with Crippen LogP contribution < -0.4 is 4.90 Å². The Morgan fingerprint density at radius 2 is 1.78 bits per heavy atom. The number of rotatable bonds is 2. The number of aromatic amines is 1. The van der Waals surface area contributed by atoms with E-state index < -0.39 is 5.41 Å². The van der Waals surface area contributed by atoms with Gasteiger partial charge < -0.3 is 9.88 Å². The molecule has 1 saturated carbocycles. The number of likely N-dealkylation sites (N-methyl/N-ethyl adjacent to an activating group) is 1. The lowest BCUT2D eigenvalue weighted by atomic mass is 9.61. The Hall–Kier alpha value is -2.88. The Morgan fingerprint density at radius 1 is 1.00 bits per heavy atom. The highest BCUT2D eigenvalue weighted by Crippen LogP contribution is 2.54. The minimum absolute atomic E-state index is 0.00806. The molecule has 136 valence electrons. The Bertz CT molecular complexity index is 1070. The van der Waals surface area contributed by atoms with Crippen LogP contribution in [0.2, 0.25) is 0 Å². The molecule has 1 amide bonds. The number of Topliss-reactive ketones (excluding diaryl/α,β-unsaturated/α-hetero) is 1. The van der Waals surface area contributed by atoms with Gasteiger partial charge in [-0.1, -0.05) is 42.8 Å². The normalized spacial score (nSPS) is 25.2. The molecule has 1 N–H and O–H groups in total. The predicted molar refractivity (Wildman–Crippen MR) is 106 cm³/mol. The van der Waals surface area contributed by atoms with Crippen molar-refractivity contribution in [3.05, 3.63) is 65.9 Å². The lowest BCUT2D eigenvalue weighted by molar-refractivity contribution is -0.133. The molecule has 1 aliphatic carbocycles. The van der Waals surface area contributed by atoms with Crippen LogP contribution in [0.5, 0.6) is 0 Å². The number of nitrogens with zero attached hydrogens (tertiary/aromatic N) is 1. The van der Waals surface area contributed by atoms with Crippen molar-refractivity contribution in [2.24, 2.45) is 5.92 Å². The molecule has 0 bridgehead atoms. The SMILES string of the molecule is CN1C(=O)C(c2c[nH]c3ccccc23)(C2CCCCC2=O)c2ccccc21. The number of hydrogen-bond acceptors (Lipinski definition) is 2. The molecule has 1 aliphatic heterocycles. The molecule has 2 aromatic carbocycles. The van der Waals surface area contributed by atoms with Crippen molar-refractivity contribution < 1.29 is 9.59 Å². The maximum atomic E-state index is 13.8. The molecule has 1 aromatic heterocycles. The molecule has 2 atom stereocenters. The molecule has 0 spiro atoms. The van der Waals surface area contributed by atoms with E-state index in [0.29, 0.717) is 6.42 Å². The molecular formula is C23H22N2O2. The summed E-state index contributed by atoms with van der Waals surface area (Å²) in [7, 11) is 1.82. The summed E-state index contributed by atoms with van der Waals surface area (Å²) in [6.07, 6.45) is 5.17. The number of amides is 1. The van der Waals surface area contributed by atoms with E-state index in [-0.39, 0.29) is 17.6 Å². The van der Waals surface area contributed by atoms with E-state index in [2.05, 4.69) is 4.98 Å². The molecule has 0 radical (unpaired) electrons. The second-order valence-corrected chi connectivity index (χ2v) is 7.70. The summed E-state index contributed by atoms with van der Waals surface area (Å²) in [6.45, 7) is 0. The number of benzene rings is 2. The van der Waals surface area contributed by atoms with Crippen molar-refractivity contribution in [2.45, 2.75) is 31.1 Å². The molecule has 0 saturated heterocycles. The molecule has 2 heterocycles. The highest BCUT2D eigenvalue weighted by Gasteiger charge is 2.58. The number of nitrogens with one attached hydrogen (secondary N) is 1. The number of H-pyrrole nitrogens is 1. The summed E-state index contributed by atoms with van der Waals surface area (Å²) in [6, 6.07) is 16.0. The molecule has 4 heteroatoms. The third kappa shape index (κ3) is 2.04. The monoisotopic (exact) mass is 358 g/mol. The average molecular weight is 358 g/mol. The van der Waals surface area contributed by atoms with E-state index in [9.17, 15) is 9.59 Å². The Kier molecular flexibility index (Phi) is 3.51. The molecule has 3 aromatic rings. The quantitative estimate of drug-likeness (QED) is 0.747. The minimum atomic E-state index is -0.942. The third-order valence-electron chi connectivity index (χ3n) is 6.42. The van der Waals surface area contributed by atoms with Gasteiger partial charge in [0.2, 0.25) is 5.91 Å². The first-order valence-electron chi connectivity index (χ1n) is 9.62. The van der Waals surface area contributed by atoms with Gasteiger partial charge in [-0.2, -0.15) is 0 Å². The second-order valence-electron chi connectivity index (χ2n) is 7.70. The zero-order valence-corrected chi connectivity index (χ0v) is 15.4. The van der Waals surface area contributed by atoms with Crippen LogP contribution in [0.1, 0.15) is 36.8 Å². The van der Waals surface area contributed by atoms with Crippen LogP contribution in [0, 0.1) is 5.92 Å². The Balaban J connectivity index is 1.87. The number of hydrogen-bond donors (Lipinski definition) is 1. The van der Waals surface area contributed by atoms with Gasteiger partial charge >= 0.3 is 0 Å². The van der Waals surface area contributed by atoms with Gasteiger partial charge in [-0.3, -0.25) is 9.59 Å². The minimum Gasteiger partial charge on any atom is -0.361 e. The van der Waals surface area contributed by atoms with Crippen LogP contribution in [0.4, 0.5) is 5.69 Å². The molecule has 27 heavy (non-hydrogen) atoms. The smallest absolute Gasteiger partial charge is 0.242 e. The van der Waals surface area contributed by atoms with Gasteiger partial charge in [-0.25, -0.2) is 0 Å². The summed E-state index contributed by atoms with van der Waals surface area (Å²) < 4.78 is 0. The number of carbonyl (C=O) groups is 2. The fourth-order valence-corrected chi connectivity index (χ4v) is 5.21. The zero-order valence-electron chi connectivity index (χ0n) is 15.4. The number of carbonyl (C=O) groups excluding carboxylic acids is 2. The van der Waals surface area contributed by atoms with E-state index in [4.69, 9.17) is 0 Å². The van der Waals surface area contributed by atoms with Gasteiger partial charge in [-0.15, -0.1) is 0 Å². The first kappa shape index (κ1) is 16.3. The highest BCUT2D eigenvalue weighted by atomic mass is 16.2. The van der Waals surface area contributed by atoms with Crippen LogP contribution >= 0.6 is 0 Å². The predicted octanol–water partition coefficient (Wildman–Crippen LogP) is 4.19. The largest absolute Gasteiger partial charge is 0.361 e. The topological polar surface area (TPSA) is 53.2 Å². The van der Waals surface area contributed by atoms with E-state index in [1.807, 2.05) is 61.8 Å². The number of para-hydroxylation sites is 2. The van der Waals surface area contributed by atoms with Crippen molar-refractivity contribution in [1.29, 1.82) is 0 Å². The van der Waals surface area contributed by atoms with Gasteiger partial charge in [0.15, 0.2) is 0 Å². The number of anilines is 1. The fraction of sp³-hybridized carbons (Fsp3) is 0.304. The number of fused-ring (bicyclic) bond motifs is 2. The van der Waals surface area contributed by atoms with Crippen molar-refractivity contribution in [3.63, 3.8) is 0 Å². The summed E-state index contributed by atoms with van der Waals surface area (Å²) in [5.41, 5.74) is 2.85. The molecule has 2 aliphatic rings. The van der Waals surface area contributed by atoms with Crippen molar-refractivity contribution in [2.75, 3.05) is 11.9 Å². The van der Waals surface area contributed by atoms with Crippen LogP contribution in [0.15, 0.2) is 54.7 Å². The zero-order chi connectivity index (χ0) is 18.6. The lowest BCUT2D eigenvalue weighted by Crippen LogP contribution is -2.49. The molecular weight excluding hydrogens is 336 g/mol. The van der Waals surface area contributed by atoms with Gasteiger partial charge in [0, 0.05) is 42.2 Å². The summed E-state index contributed by atoms with van der Waals surface area (Å²) in [4.78, 5) is 32.0. The van der Waals surface area contributed by atoms with E-state index in [1.165, 1.54) is 0 Å². The summed E-state index contributed by atoms with van der Waals surface area (Å²) in [5.74, 6) is -0.0947. The highest BCUT2D eigenvalue weighted by molar-refractivity contribution is 6.14. The van der Waals surface area contributed by atoms with Crippen LogP contribution in [0.3, 0.4) is 0 Å². The Labute approximate surface area is 158 Å². The average Bonchev–Trinajstić information content (AvgIpc) is 3.22. The summed E-state index contributed by atoms with van der Waals surface area (Å²) in [5, 5.41) is 1.02. The van der Waals surface area contributed by atoms with Crippen LogP contribution in [-0.2, 0) is 15.0 Å². The van der Waals surface area contributed by atoms with E-state index >= 15 is 0 Å². The van der Waals surface area contributed by atoms with Crippen molar-refractivity contribution >= 4 is 28.3 Å². The molecule has 2 unspecified atom stereocenters. The second kappa shape index (κ2) is 5.81. The standard InChI is InChI=1S/C23H22N2O2/c1-25-20-12-6-3-9-16(20)23(22(25)27,17-10-4-7-13-21(17)26)18-14-24-19-11-5-2-8-15(18)19/h2-3,5-6,8-9,11-12,14,17,24H,4,7,10,13H2,1H3. The van der Waals surface area contributed by atoms with Gasteiger partial charge in [0.25, 0.3) is 0 Å². The first-order valence-corrected chi connectivity index (χ1v) is 9.62. The van der Waals surface area contributed by atoms with Crippen LogP contribution in [0.25, 0.3) is 10.9 Å². The number of aromatic nitrogens is 1. The van der Waals surface area contributed by atoms with Gasteiger partial charge in [0.05, 0.1) is 0 Å². The van der Waals surface area contributed by atoms with Crippen LogP contribution in [-0.4, -0.2) is 23.7 Å². The Morgan fingerprint density at radius 3 is 2.63 bits per heavy atom. The molecule has 5 rings (SSSR count). The third-order valence-corrected chi connectivity index (χ3v) is 6.42. The van der Waals surface area contributed by atoms with Gasteiger partial charge in [-0.05, 0) is 36.1 Å². The maximum absolute atomic E-state index is 13.8. The fourth-order valence-electron chi connectivity index (χ4n) is 5.21. The van der Waals surface area contributed by atoms with E-state index in [0.717, 1.165) is 47.0 Å².